The molecule has 98 valence electrons. The van der Waals surface area contributed by atoms with Crippen LogP contribution < -0.4 is 0 Å². The zero-order chi connectivity index (χ0) is 13.7. The van der Waals surface area contributed by atoms with Crippen molar-refractivity contribution >= 4 is 8.07 Å². The number of benzene rings is 1. The van der Waals surface area contributed by atoms with Gasteiger partial charge in [0.15, 0.2) is 0 Å². The Bertz CT molecular complexity index is 582. The molecule has 0 aliphatic rings. The molecule has 0 N–H and O–H groups in total. The van der Waals surface area contributed by atoms with E-state index < -0.39 is 8.07 Å². The Morgan fingerprint density at radius 1 is 1.11 bits per heavy atom. The Kier molecular flexibility index (Phi) is 4.23. The van der Waals surface area contributed by atoms with Crippen LogP contribution in [0.2, 0.25) is 19.6 Å². The Balaban J connectivity index is 1.97. The third kappa shape index (κ3) is 4.42. The van der Waals surface area contributed by atoms with Crippen molar-refractivity contribution in [2.24, 2.45) is 0 Å². The van der Waals surface area contributed by atoms with E-state index >= 15 is 0 Å². The summed E-state index contributed by atoms with van der Waals surface area (Å²) in [6.45, 7) is 7.66. The van der Waals surface area contributed by atoms with E-state index in [1.165, 1.54) is 11.1 Å². The Morgan fingerprint density at radius 2 is 1.84 bits per heavy atom. The average Bonchev–Trinajstić information content (AvgIpc) is 2.83. The first-order valence-corrected chi connectivity index (χ1v) is 10.1. The minimum Gasteiger partial charge on any atom is -0.271 e. The predicted molar refractivity (Wildman–Crippen MR) is 83.4 cm³/mol. The van der Waals surface area contributed by atoms with Gasteiger partial charge in [0.25, 0.3) is 0 Å². The smallest absolute Gasteiger partial charge is 0.129 e. The normalized spacial score (nSPS) is 10.9. The maximum absolute atomic E-state index is 4.39. The van der Waals surface area contributed by atoms with Gasteiger partial charge in [-0.05, 0) is 5.56 Å². The van der Waals surface area contributed by atoms with Gasteiger partial charge in [0.05, 0.1) is 12.7 Å². The van der Waals surface area contributed by atoms with Crippen molar-refractivity contribution in [2.45, 2.75) is 32.6 Å². The molecule has 1 heterocycles. The fourth-order valence-corrected chi connectivity index (χ4v) is 2.42. The molecule has 0 saturated heterocycles. The molecule has 0 bridgehead atoms. The van der Waals surface area contributed by atoms with E-state index in [0.29, 0.717) is 0 Å². The molecule has 3 heteroatoms. The lowest BCUT2D eigenvalue weighted by molar-refractivity contribution is 0.630. The van der Waals surface area contributed by atoms with E-state index in [-0.39, 0.29) is 0 Å². The quantitative estimate of drug-likeness (QED) is 0.611. The van der Waals surface area contributed by atoms with Crippen LogP contribution in [0.5, 0.6) is 0 Å². The molecule has 1 aromatic carbocycles. The third-order valence-electron chi connectivity index (χ3n) is 2.67. The number of rotatable bonds is 3. The summed E-state index contributed by atoms with van der Waals surface area (Å²) in [5.41, 5.74) is 5.75. The molecule has 0 radical (unpaired) electrons. The standard InChI is InChI=1S/C16H20N2Si/c1-19(2,3)12-8-7-11-18-14-16(13-17-18)15-9-5-4-6-10-15/h4-6,9-10,13-14H,7,11H2,1-3H3. The van der Waals surface area contributed by atoms with E-state index in [0.717, 1.165) is 13.0 Å². The molecular formula is C16H20N2Si. The van der Waals surface area contributed by atoms with Gasteiger partial charge >= 0.3 is 0 Å². The highest BCUT2D eigenvalue weighted by Gasteiger charge is 2.07. The highest BCUT2D eigenvalue weighted by molar-refractivity contribution is 6.83. The first kappa shape index (κ1) is 13.6. The van der Waals surface area contributed by atoms with E-state index in [9.17, 15) is 0 Å². The van der Waals surface area contributed by atoms with Crippen LogP contribution >= 0.6 is 0 Å². The largest absolute Gasteiger partial charge is 0.271 e. The highest BCUT2D eigenvalue weighted by Crippen LogP contribution is 2.17. The molecule has 0 saturated carbocycles. The fraction of sp³-hybridized carbons (Fsp3) is 0.312. The van der Waals surface area contributed by atoms with E-state index in [1.54, 1.807) is 0 Å². The summed E-state index contributed by atoms with van der Waals surface area (Å²) in [6, 6.07) is 10.3. The summed E-state index contributed by atoms with van der Waals surface area (Å²) < 4.78 is 1.97. The van der Waals surface area contributed by atoms with Gasteiger partial charge in [0.2, 0.25) is 0 Å². The summed E-state index contributed by atoms with van der Waals surface area (Å²) in [6.07, 6.45) is 4.88. The number of hydrogen-bond acceptors (Lipinski definition) is 1. The van der Waals surface area contributed by atoms with Gasteiger partial charge in [-0.25, -0.2) is 0 Å². The number of hydrogen-bond donors (Lipinski definition) is 0. The van der Waals surface area contributed by atoms with Crippen LogP contribution in [0.15, 0.2) is 42.7 Å². The fourth-order valence-electron chi connectivity index (χ4n) is 1.76. The van der Waals surface area contributed by atoms with Crippen molar-refractivity contribution < 1.29 is 0 Å². The zero-order valence-electron chi connectivity index (χ0n) is 11.9. The maximum atomic E-state index is 4.39. The number of aromatic nitrogens is 2. The molecule has 0 atom stereocenters. The summed E-state index contributed by atoms with van der Waals surface area (Å²) in [4.78, 5) is 0. The molecule has 2 rings (SSSR count). The SMILES string of the molecule is C[Si](C)(C)C#CCCn1cc(-c2ccccc2)cn1. The second kappa shape index (κ2) is 5.90. The first-order chi connectivity index (χ1) is 9.04. The summed E-state index contributed by atoms with van der Waals surface area (Å²) in [7, 11) is -1.23. The summed E-state index contributed by atoms with van der Waals surface area (Å²) >= 11 is 0. The second-order valence-electron chi connectivity index (χ2n) is 5.66. The molecule has 0 aliphatic carbocycles. The van der Waals surface area contributed by atoms with Gasteiger partial charge in [-0.3, -0.25) is 4.68 Å². The minimum absolute atomic E-state index is 0.865. The van der Waals surface area contributed by atoms with E-state index in [1.807, 2.05) is 29.1 Å². The maximum Gasteiger partial charge on any atom is 0.129 e. The van der Waals surface area contributed by atoms with Gasteiger partial charge in [-0.2, -0.15) is 5.10 Å². The van der Waals surface area contributed by atoms with E-state index in [4.69, 9.17) is 0 Å². The predicted octanol–water partition coefficient (Wildman–Crippen LogP) is 3.82. The molecule has 0 unspecified atom stereocenters. The van der Waals surface area contributed by atoms with Crippen LogP contribution in [0, 0.1) is 11.5 Å². The van der Waals surface area contributed by atoms with Gasteiger partial charge in [-0.15, -0.1) is 11.5 Å². The zero-order valence-corrected chi connectivity index (χ0v) is 12.9. The summed E-state index contributed by atoms with van der Waals surface area (Å²) in [5.74, 6) is 3.27. The Labute approximate surface area is 116 Å². The molecule has 0 amide bonds. The van der Waals surface area contributed by atoms with Crippen molar-refractivity contribution in [1.29, 1.82) is 0 Å². The minimum atomic E-state index is -1.23. The van der Waals surface area contributed by atoms with E-state index in [2.05, 4.69) is 54.5 Å². The Morgan fingerprint density at radius 3 is 2.53 bits per heavy atom. The lowest BCUT2D eigenvalue weighted by Crippen LogP contribution is -2.16. The van der Waals surface area contributed by atoms with Crippen LogP contribution in [0.25, 0.3) is 11.1 Å². The number of nitrogens with zero attached hydrogens (tertiary/aromatic N) is 2. The van der Waals surface area contributed by atoms with Crippen molar-refractivity contribution in [3.63, 3.8) is 0 Å². The topological polar surface area (TPSA) is 17.8 Å². The Hall–Kier alpha value is -1.79. The highest BCUT2D eigenvalue weighted by atomic mass is 28.3. The summed E-state index contributed by atoms with van der Waals surface area (Å²) in [5, 5.41) is 4.39. The molecule has 1 aromatic heterocycles. The lowest BCUT2D eigenvalue weighted by atomic mass is 10.1. The molecular weight excluding hydrogens is 248 g/mol. The molecule has 0 spiro atoms. The van der Waals surface area contributed by atoms with Crippen LogP contribution in [0.1, 0.15) is 6.42 Å². The van der Waals surface area contributed by atoms with Crippen LogP contribution in [0.3, 0.4) is 0 Å². The molecule has 2 nitrogen and oxygen atoms in total. The molecule has 19 heavy (non-hydrogen) atoms. The van der Waals surface area contributed by atoms with Crippen molar-refractivity contribution in [3.05, 3.63) is 42.7 Å². The second-order valence-corrected chi connectivity index (χ2v) is 10.4. The van der Waals surface area contributed by atoms with Gasteiger partial charge < -0.3 is 0 Å². The monoisotopic (exact) mass is 268 g/mol. The molecule has 0 aliphatic heterocycles. The average molecular weight is 268 g/mol. The van der Waals surface area contributed by atoms with Crippen molar-refractivity contribution in [1.82, 2.24) is 9.78 Å². The third-order valence-corrected chi connectivity index (χ3v) is 3.60. The van der Waals surface area contributed by atoms with Gasteiger partial charge in [-0.1, -0.05) is 50.0 Å². The number of aryl methyl sites for hydroxylation is 1. The first-order valence-electron chi connectivity index (χ1n) is 6.62. The van der Waals surface area contributed by atoms with Crippen molar-refractivity contribution in [2.75, 3.05) is 0 Å². The molecule has 0 fully saturated rings. The van der Waals surface area contributed by atoms with Crippen LogP contribution in [0.4, 0.5) is 0 Å². The van der Waals surface area contributed by atoms with Gasteiger partial charge in [0, 0.05) is 18.2 Å². The van der Waals surface area contributed by atoms with Gasteiger partial charge in [0.1, 0.15) is 8.07 Å². The van der Waals surface area contributed by atoms with Crippen LogP contribution in [-0.4, -0.2) is 17.9 Å². The molecule has 2 aromatic rings. The van der Waals surface area contributed by atoms with Crippen LogP contribution in [-0.2, 0) is 6.54 Å². The van der Waals surface area contributed by atoms with Crippen molar-refractivity contribution in [3.8, 4) is 22.6 Å². The lowest BCUT2D eigenvalue weighted by Gasteiger charge is -2.03.